The Balaban J connectivity index is 2.07. The Morgan fingerprint density at radius 1 is 1.44 bits per heavy atom. The van der Waals surface area contributed by atoms with Crippen molar-refractivity contribution in [3.63, 3.8) is 0 Å². The number of aromatic nitrogens is 1. The van der Waals surface area contributed by atoms with Gasteiger partial charge in [0.2, 0.25) is 11.8 Å². The maximum absolute atomic E-state index is 11.9. The monoisotopic (exact) mass is 222 g/mol. The highest BCUT2D eigenvalue weighted by atomic mass is 16.5. The fourth-order valence-electron chi connectivity index (χ4n) is 2.25. The molecule has 2 aliphatic rings. The van der Waals surface area contributed by atoms with Crippen LogP contribution in [-0.2, 0) is 26.3 Å². The average molecular weight is 222 g/mol. The van der Waals surface area contributed by atoms with Crippen LogP contribution in [0.1, 0.15) is 24.3 Å². The highest BCUT2D eigenvalue weighted by Gasteiger charge is 2.50. The summed E-state index contributed by atoms with van der Waals surface area (Å²) in [4.78, 5) is 27.1. The second-order valence-corrected chi connectivity index (χ2v) is 4.08. The number of amides is 2. The summed E-state index contributed by atoms with van der Waals surface area (Å²) in [6.45, 7) is 0.600. The first-order chi connectivity index (χ1) is 7.72. The van der Waals surface area contributed by atoms with Gasteiger partial charge in [-0.1, -0.05) is 0 Å². The van der Waals surface area contributed by atoms with Gasteiger partial charge in [-0.25, -0.2) is 4.98 Å². The van der Waals surface area contributed by atoms with Gasteiger partial charge in [-0.3, -0.25) is 14.9 Å². The van der Waals surface area contributed by atoms with Crippen LogP contribution < -0.4 is 5.32 Å². The largest absolute Gasteiger partial charge is 0.447 e. The van der Waals surface area contributed by atoms with Gasteiger partial charge in [0.25, 0.3) is 0 Å². The maximum Gasteiger partial charge on any atom is 0.242 e. The van der Waals surface area contributed by atoms with E-state index in [1.807, 2.05) is 0 Å². The molecule has 3 rings (SSSR count). The first-order valence-corrected chi connectivity index (χ1v) is 5.07. The minimum Gasteiger partial charge on any atom is -0.447 e. The second kappa shape index (κ2) is 3.15. The quantitative estimate of drug-likeness (QED) is 0.619. The summed E-state index contributed by atoms with van der Waals surface area (Å²) < 4.78 is 10.7. The van der Waals surface area contributed by atoms with Crippen LogP contribution >= 0.6 is 0 Å². The number of imide groups is 1. The summed E-state index contributed by atoms with van der Waals surface area (Å²) in [6.07, 6.45) is 2.03. The molecule has 1 atom stereocenters. The molecule has 0 radical (unpaired) electrons. The van der Waals surface area contributed by atoms with Crippen LogP contribution in [0.25, 0.3) is 0 Å². The van der Waals surface area contributed by atoms with E-state index in [0.717, 1.165) is 0 Å². The minimum absolute atomic E-state index is 0.244. The molecule has 2 aliphatic heterocycles. The number of ether oxygens (including phenoxy) is 1. The zero-order chi connectivity index (χ0) is 11.2. The van der Waals surface area contributed by atoms with Crippen molar-refractivity contribution in [3.8, 4) is 0 Å². The van der Waals surface area contributed by atoms with E-state index < -0.39 is 5.41 Å². The Labute approximate surface area is 91.0 Å². The molecule has 0 bridgehead atoms. The number of nitrogens with one attached hydrogen (secondary N) is 1. The molecule has 6 heteroatoms. The van der Waals surface area contributed by atoms with Gasteiger partial charge >= 0.3 is 0 Å². The van der Waals surface area contributed by atoms with Gasteiger partial charge in [0.1, 0.15) is 16.9 Å². The van der Waals surface area contributed by atoms with Gasteiger partial charge in [-0.15, -0.1) is 0 Å². The van der Waals surface area contributed by atoms with Crippen molar-refractivity contribution in [2.75, 3.05) is 6.61 Å². The Bertz CT molecular complexity index is 467. The predicted octanol–water partition coefficient (Wildman–Crippen LogP) is -0.121. The van der Waals surface area contributed by atoms with Gasteiger partial charge < -0.3 is 9.15 Å². The van der Waals surface area contributed by atoms with Crippen molar-refractivity contribution in [2.45, 2.75) is 24.9 Å². The number of carbonyl (C=O) groups excluding carboxylic acids is 2. The third-order valence-electron chi connectivity index (χ3n) is 3.13. The molecule has 0 aliphatic carbocycles. The topological polar surface area (TPSA) is 81.4 Å². The molecule has 1 N–H and O–H groups in total. The molecule has 1 unspecified atom stereocenters. The van der Waals surface area contributed by atoms with E-state index in [1.54, 1.807) is 0 Å². The lowest BCUT2D eigenvalue weighted by molar-refractivity contribution is -0.142. The van der Waals surface area contributed by atoms with Crippen molar-refractivity contribution in [3.05, 3.63) is 17.8 Å². The lowest BCUT2D eigenvalue weighted by Gasteiger charge is -2.35. The smallest absolute Gasteiger partial charge is 0.242 e. The van der Waals surface area contributed by atoms with Gasteiger partial charge in [-0.2, -0.15) is 0 Å². The summed E-state index contributed by atoms with van der Waals surface area (Å²) in [5.41, 5.74) is -0.214. The highest BCUT2D eigenvalue weighted by molar-refractivity contribution is 6.03. The third-order valence-corrected chi connectivity index (χ3v) is 3.13. The average Bonchev–Trinajstić information content (AvgIpc) is 2.73. The normalized spacial score (nSPS) is 29.0. The molecule has 84 valence electrons. The van der Waals surface area contributed by atoms with Crippen LogP contribution in [0.2, 0.25) is 0 Å². The van der Waals surface area contributed by atoms with Gasteiger partial charge in [0, 0.05) is 6.42 Å². The lowest BCUT2D eigenvalue weighted by atomic mass is 9.76. The van der Waals surface area contributed by atoms with Gasteiger partial charge in [0.15, 0.2) is 6.39 Å². The zero-order valence-electron chi connectivity index (χ0n) is 8.49. The Morgan fingerprint density at radius 3 is 3.12 bits per heavy atom. The van der Waals surface area contributed by atoms with Crippen molar-refractivity contribution >= 4 is 11.8 Å². The molecule has 2 amide bonds. The van der Waals surface area contributed by atoms with E-state index in [4.69, 9.17) is 9.15 Å². The minimum atomic E-state index is -0.863. The standard InChI is InChI=1S/C10H10N2O4/c13-7-1-2-10(9(14)12-7)4-15-3-6-8(10)16-5-11-6/h5H,1-4H2,(H,12,13,14). The molecule has 1 spiro atoms. The SMILES string of the molecule is O=C1CCC2(COCc3ncoc32)C(=O)N1. The Hall–Kier alpha value is -1.69. The van der Waals surface area contributed by atoms with Crippen molar-refractivity contribution in [1.29, 1.82) is 0 Å². The molecule has 0 aromatic carbocycles. The van der Waals surface area contributed by atoms with Crippen LogP contribution in [0.15, 0.2) is 10.8 Å². The molecule has 1 aromatic heterocycles. The summed E-state index contributed by atoms with van der Waals surface area (Å²) in [5.74, 6) is -0.0486. The number of piperidine rings is 1. The fraction of sp³-hybridized carbons (Fsp3) is 0.500. The van der Waals surface area contributed by atoms with Crippen molar-refractivity contribution < 1.29 is 18.7 Å². The van der Waals surface area contributed by atoms with E-state index >= 15 is 0 Å². The van der Waals surface area contributed by atoms with E-state index in [2.05, 4.69) is 10.3 Å². The van der Waals surface area contributed by atoms with Gasteiger partial charge in [0.05, 0.1) is 13.2 Å². The molecular weight excluding hydrogens is 212 g/mol. The summed E-state index contributed by atoms with van der Waals surface area (Å²) in [6, 6.07) is 0. The molecule has 1 saturated heterocycles. The van der Waals surface area contributed by atoms with E-state index in [0.29, 0.717) is 30.9 Å². The van der Waals surface area contributed by atoms with Crippen LogP contribution in [0.4, 0.5) is 0 Å². The van der Waals surface area contributed by atoms with Crippen LogP contribution in [0, 0.1) is 0 Å². The molecule has 1 aromatic rings. The lowest BCUT2D eigenvalue weighted by Crippen LogP contribution is -2.55. The van der Waals surface area contributed by atoms with Crippen LogP contribution in [-0.4, -0.2) is 23.4 Å². The summed E-state index contributed by atoms with van der Waals surface area (Å²) in [7, 11) is 0. The number of nitrogens with zero attached hydrogens (tertiary/aromatic N) is 1. The number of hydrogen-bond acceptors (Lipinski definition) is 5. The van der Waals surface area contributed by atoms with Crippen molar-refractivity contribution in [2.24, 2.45) is 0 Å². The molecule has 0 saturated carbocycles. The predicted molar refractivity (Wildman–Crippen MR) is 50.2 cm³/mol. The Kier molecular flexibility index (Phi) is 1.88. The molecular formula is C10H10N2O4. The summed E-state index contributed by atoms with van der Waals surface area (Å²) >= 11 is 0. The van der Waals surface area contributed by atoms with Crippen LogP contribution in [0.5, 0.6) is 0 Å². The number of fused-ring (bicyclic) bond motifs is 2. The summed E-state index contributed by atoms with van der Waals surface area (Å²) in [5, 5.41) is 2.32. The van der Waals surface area contributed by atoms with Crippen LogP contribution in [0.3, 0.4) is 0 Å². The second-order valence-electron chi connectivity index (χ2n) is 4.08. The Morgan fingerprint density at radius 2 is 2.31 bits per heavy atom. The first kappa shape index (κ1) is 9.53. The van der Waals surface area contributed by atoms with E-state index in [1.165, 1.54) is 6.39 Å². The van der Waals surface area contributed by atoms with E-state index in [9.17, 15) is 9.59 Å². The molecule has 3 heterocycles. The zero-order valence-corrected chi connectivity index (χ0v) is 8.49. The van der Waals surface area contributed by atoms with Crippen molar-refractivity contribution in [1.82, 2.24) is 10.3 Å². The maximum atomic E-state index is 11.9. The number of rotatable bonds is 0. The molecule has 1 fully saturated rings. The number of oxazole rings is 1. The van der Waals surface area contributed by atoms with Gasteiger partial charge in [-0.05, 0) is 6.42 Å². The number of carbonyl (C=O) groups is 2. The first-order valence-electron chi connectivity index (χ1n) is 5.07. The van der Waals surface area contributed by atoms with E-state index in [-0.39, 0.29) is 18.4 Å². The molecule has 16 heavy (non-hydrogen) atoms. The fourth-order valence-corrected chi connectivity index (χ4v) is 2.25. The number of hydrogen-bond donors (Lipinski definition) is 1. The third kappa shape index (κ3) is 1.13. The highest BCUT2D eigenvalue weighted by Crippen LogP contribution is 2.38. The molecule has 6 nitrogen and oxygen atoms in total.